The minimum atomic E-state index is -1.27. The Morgan fingerprint density at radius 2 is 2.05 bits per heavy atom. The van der Waals surface area contributed by atoms with E-state index in [1.807, 2.05) is 30.3 Å². The highest BCUT2D eigenvalue weighted by atomic mass is 35.5. The molecule has 1 saturated heterocycles. The van der Waals surface area contributed by atoms with Crippen molar-refractivity contribution < 1.29 is 19.4 Å². The van der Waals surface area contributed by atoms with Gasteiger partial charge >= 0.3 is 12.1 Å². The third-order valence-electron chi connectivity index (χ3n) is 3.46. The summed E-state index contributed by atoms with van der Waals surface area (Å²) in [5, 5.41) is 12.3. The summed E-state index contributed by atoms with van der Waals surface area (Å²) in [6, 6.07) is 9.29. The molecular weight excluding hydrogens is 296 g/mol. The zero-order valence-corrected chi connectivity index (χ0v) is 12.6. The van der Waals surface area contributed by atoms with Crippen LogP contribution >= 0.6 is 12.4 Å². The maximum Gasteiger partial charge on any atom is 0.411 e. The molecule has 0 spiro atoms. The topological polar surface area (TPSA) is 78.9 Å². The molecule has 116 valence electrons. The van der Waals surface area contributed by atoms with Gasteiger partial charge in [0.2, 0.25) is 0 Å². The summed E-state index contributed by atoms with van der Waals surface area (Å²) >= 11 is 0. The molecule has 2 N–H and O–H groups in total. The van der Waals surface area contributed by atoms with Crippen molar-refractivity contribution in [1.29, 1.82) is 0 Å². The predicted molar refractivity (Wildman–Crippen MR) is 79.5 cm³/mol. The zero-order valence-electron chi connectivity index (χ0n) is 11.7. The van der Waals surface area contributed by atoms with Crippen LogP contribution < -0.4 is 5.32 Å². The number of carbonyl (C=O) groups excluding carboxylic acids is 1. The van der Waals surface area contributed by atoms with Crippen LogP contribution in [0.3, 0.4) is 0 Å². The summed E-state index contributed by atoms with van der Waals surface area (Å²) in [5.41, 5.74) is -0.403. The second kappa shape index (κ2) is 7.28. The van der Waals surface area contributed by atoms with Crippen molar-refractivity contribution in [2.24, 2.45) is 0 Å². The van der Waals surface area contributed by atoms with Crippen molar-refractivity contribution in [1.82, 2.24) is 10.2 Å². The minimum absolute atomic E-state index is 0. The van der Waals surface area contributed by atoms with E-state index in [0.29, 0.717) is 13.1 Å². The lowest BCUT2D eigenvalue weighted by atomic mass is 9.98. The molecule has 0 radical (unpaired) electrons. The molecule has 21 heavy (non-hydrogen) atoms. The molecule has 2 rings (SSSR count). The highest BCUT2D eigenvalue weighted by Gasteiger charge is 2.44. The first-order chi connectivity index (χ1) is 9.54. The lowest BCUT2D eigenvalue weighted by molar-refractivity contribution is -0.150. The molecule has 1 heterocycles. The van der Waals surface area contributed by atoms with Gasteiger partial charge in [-0.05, 0) is 12.5 Å². The van der Waals surface area contributed by atoms with Crippen LogP contribution in [0.5, 0.6) is 0 Å². The number of carboxylic acids is 1. The minimum Gasteiger partial charge on any atom is -0.479 e. The maximum atomic E-state index is 12.1. The number of amides is 1. The Kier molecular flexibility index (Phi) is 5.99. The standard InChI is InChI=1S/C14H18N2O4.ClH/c1-14(12(17)18)10-15-7-8-16(14)13(19)20-9-11-5-3-2-4-6-11;/h2-6,15H,7-10H2,1H3,(H,17,18);1H/t14-;/m0./s1. The van der Waals surface area contributed by atoms with E-state index in [1.165, 1.54) is 11.8 Å². The first-order valence-electron chi connectivity index (χ1n) is 6.46. The second-order valence-corrected chi connectivity index (χ2v) is 4.95. The Morgan fingerprint density at radius 3 is 2.67 bits per heavy atom. The summed E-state index contributed by atoms with van der Waals surface area (Å²) < 4.78 is 5.21. The number of carbonyl (C=O) groups is 2. The van der Waals surface area contributed by atoms with Crippen molar-refractivity contribution in [3.63, 3.8) is 0 Å². The quantitative estimate of drug-likeness (QED) is 0.884. The number of piperazine rings is 1. The van der Waals surface area contributed by atoms with Gasteiger partial charge in [0.15, 0.2) is 5.54 Å². The summed E-state index contributed by atoms with van der Waals surface area (Å²) in [4.78, 5) is 24.8. The van der Waals surface area contributed by atoms with Crippen LogP contribution in [-0.2, 0) is 16.1 Å². The molecule has 1 aromatic rings. The number of carboxylic acid groups (broad SMARTS) is 1. The van der Waals surface area contributed by atoms with Gasteiger partial charge in [0, 0.05) is 19.6 Å². The molecule has 0 bridgehead atoms. The Morgan fingerprint density at radius 1 is 1.38 bits per heavy atom. The van der Waals surface area contributed by atoms with Gasteiger partial charge in [-0.3, -0.25) is 4.90 Å². The number of benzene rings is 1. The van der Waals surface area contributed by atoms with Crippen LogP contribution in [0.2, 0.25) is 0 Å². The molecule has 7 heteroatoms. The van der Waals surface area contributed by atoms with Crippen molar-refractivity contribution in [2.45, 2.75) is 19.1 Å². The van der Waals surface area contributed by atoms with E-state index in [-0.39, 0.29) is 25.6 Å². The Balaban J connectivity index is 0.00000220. The highest BCUT2D eigenvalue weighted by molar-refractivity contribution is 5.85. The van der Waals surface area contributed by atoms with Crippen LogP contribution in [0.15, 0.2) is 30.3 Å². The normalized spacial score (nSPS) is 21.3. The van der Waals surface area contributed by atoms with E-state index in [1.54, 1.807) is 0 Å². The molecule has 6 nitrogen and oxygen atoms in total. The van der Waals surface area contributed by atoms with Gasteiger partial charge in [0.1, 0.15) is 6.61 Å². The summed E-state index contributed by atoms with van der Waals surface area (Å²) in [6.07, 6.45) is -0.597. The van der Waals surface area contributed by atoms with Gasteiger partial charge in [-0.15, -0.1) is 12.4 Å². The largest absolute Gasteiger partial charge is 0.479 e. The number of nitrogens with one attached hydrogen (secondary N) is 1. The van der Waals surface area contributed by atoms with E-state index in [2.05, 4.69) is 5.32 Å². The fourth-order valence-electron chi connectivity index (χ4n) is 2.15. The van der Waals surface area contributed by atoms with Crippen molar-refractivity contribution in [2.75, 3.05) is 19.6 Å². The number of halogens is 1. The number of hydrogen-bond donors (Lipinski definition) is 2. The van der Waals surface area contributed by atoms with Crippen LogP contribution in [0, 0.1) is 0 Å². The van der Waals surface area contributed by atoms with Crippen LogP contribution in [0.1, 0.15) is 12.5 Å². The van der Waals surface area contributed by atoms with Gasteiger partial charge in [-0.25, -0.2) is 9.59 Å². The molecular formula is C14H19ClN2O4. The summed E-state index contributed by atoms with van der Waals surface area (Å²) in [6.45, 7) is 2.74. The third-order valence-corrected chi connectivity index (χ3v) is 3.46. The summed E-state index contributed by atoms with van der Waals surface area (Å²) in [5.74, 6) is -1.04. The van der Waals surface area contributed by atoms with E-state index in [9.17, 15) is 14.7 Å². The lowest BCUT2D eigenvalue weighted by Gasteiger charge is -2.40. The highest BCUT2D eigenvalue weighted by Crippen LogP contribution is 2.19. The number of nitrogens with zero attached hydrogens (tertiary/aromatic N) is 1. The SMILES string of the molecule is C[C@@]1(C(=O)O)CNCCN1C(=O)OCc1ccccc1.Cl. The molecule has 1 aliphatic rings. The van der Waals surface area contributed by atoms with Gasteiger partial charge in [-0.2, -0.15) is 0 Å². The molecule has 0 unspecified atom stereocenters. The van der Waals surface area contributed by atoms with Crippen molar-refractivity contribution in [3.8, 4) is 0 Å². The molecule has 1 amide bonds. The second-order valence-electron chi connectivity index (χ2n) is 4.95. The Labute approximate surface area is 129 Å². The van der Waals surface area contributed by atoms with Gasteiger partial charge in [-0.1, -0.05) is 30.3 Å². The van der Waals surface area contributed by atoms with Crippen LogP contribution in [0.4, 0.5) is 4.79 Å². The Hall–Kier alpha value is -1.79. The summed E-state index contributed by atoms with van der Waals surface area (Å²) in [7, 11) is 0. The lowest BCUT2D eigenvalue weighted by Crippen LogP contribution is -2.65. The van der Waals surface area contributed by atoms with E-state index in [4.69, 9.17) is 4.74 Å². The van der Waals surface area contributed by atoms with Gasteiger partial charge < -0.3 is 15.2 Å². The fourth-order valence-corrected chi connectivity index (χ4v) is 2.15. The predicted octanol–water partition coefficient (Wildman–Crippen LogP) is 1.49. The number of ether oxygens (including phenoxy) is 1. The molecule has 0 aliphatic carbocycles. The molecule has 1 fully saturated rings. The average Bonchev–Trinajstić information content (AvgIpc) is 2.46. The number of hydrogen-bond acceptors (Lipinski definition) is 4. The molecule has 1 atom stereocenters. The Bertz CT molecular complexity index is 497. The van der Waals surface area contributed by atoms with Gasteiger partial charge in [0.25, 0.3) is 0 Å². The first kappa shape index (κ1) is 17.3. The van der Waals surface area contributed by atoms with Crippen molar-refractivity contribution in [3.05, 3.63) is 35.9 Å². The average molecular weight is 315 g/mol. The maximum absolute atomic E-state index is 12.1. The smallest absolute Gasteiger partial charge is 0.411 e. The third kappa shape index (κ3) is 3.86. The van der Waals surface area contributed by atoms with Crippen LogP contribution in [-0.4, -0.2) is 47.2 Å². The monoisotopic (exact) mass is 314 g/mol. The first-order valence-corrected chi connectivity index (χ1v) is 6.46. The van der Waals surface area contributed by atoms with Crippen LogP contribution in [0.25, 0.3) is 0 Å². The van der Waals surface area contributed by atoms with Crippen molar-refractivity contribution >= 4 is 24.5 Å². The molecule has 0 saturated carbocycles. The number of aliphatic carboxylic acids is 1. The molecule has 1 aromatic carbocycles. The number of rotatable bonds is 3. The fraction of sp³-hybridized carbons (Fsp3) is 0.429. The van der Waals surface area contributed by atoms with E-state index in [0.717, 1.165) is 5.56 Å². The molecule has 1 aliphatic heterocycles. The van der Waals surface area contributed by atoms with E-state index < -0.39 is 17.6 Å². The van der Waals surface area contributed by atoms with Gasteiger partial charge in [0.05, 0.1) is 0 Å². The zero-order chi connectivity index (χ0) is 14.6. The molecule has 0 aromatic heterocycles. The van der Waals surface area contributed by atoms with E-state index >= 15 is 0 Å².